The van der Waals surface area contributed by atoms with Gasteiger partial charge in [-0.3, -0.25) is 18.7 Å². The fourth-order valence-electron chi connectivity index (χ4n) is 20.3. The van der Waals surface area contributed by atoms with Gasteiger partial charge in [-0.25, -0.2) is 15.0 Å². The van der Waals surface area contributed by atoms with Crippen molar-refractivity contribution < 1.29 is 0 Å². The van der Waals surface area contributed by atoms with Gasteiger partial charge in [0.25, 0.3) is 0 Å². The number of aromatic nitrogens is 12. The molecule has 0 fully saturated rings. The Morgan fingerprint density at radius 1 is 0.159 bits per heavy atom. The number of rotatable bonds is 12. The van der Waals surface area contributed by atoms with Gasteiger partial charge < -0.3 is 13.7 Å². The van der Waals surface area contributed by atoms with Gasteiger partial charge in [0.15, 0.2) is 11.6 Å². The van der Waals surface area contributed by atoms with Gasteiger partial charge in [-0.1, -0.05) is 303 Å². The fourth-order valence-corrected chi connectivity index (χ4v) is 20.3. The number of para-hydroxylation sites is 7. The highest BCUT2D eigenvalue weighted by Gasteiger charge is 2.27. The van der Waals surface area contributed by atoms with Crippen molar-refractivity contribution >= 4 is 131 Å². The second-order valence-corrected chi connectivity index (χ2v) is 33.2. The number of hydrogen-bond acceptors (Lipinski definition) is 6. The Hall–Kier alpha value is -18.0. The minimum Gasteiger partial charge on any atom is -0.309 e. The first-order valence-electron chi connectivity index (χ1n) is 44.6. The molecular weight excluding hydrogens is 1610 g/mol. The molecule has 27 rings (SSSR count). The van der Waals surface area contributed by atoms with Gasteiger partial charge in [-0.15, -0.1) is 0 Å². The Labute approximate surface area is 758 Å². The number of benzene rings is 17. The first-order chi connectivity index (χ1) is 65.6. The van der Waals surface area contributed by atoms with Crippen LogP contribution in [0.4, 0.5) is 0 Å². The highest BCUT2D eigenvalue weighted by Crippen LogP contribution is 2.49. The van der Waals surface area contributed by atoms with Crippen LogP contribution in [0.1, 0.15) is 0 Å². The number of hydrogen-bond donors (Lipinski definition) is 0. The van der Waals surface area contributed by atoms with Crippen molar-refractivity contribution in [1.29, 1.82) is 0 Å². The lowest BCUT2D eigenvalue weighted by atomic mass is 9.95. The van der Waals surface area contributed by atoms with Crippen molar-refractivity contribution in [3.63, 3.8) is 0 Å². The highest BCUT2D eigenvalue weighted by atomic mass is 15.2. The lowest BCUT2D eigenvalue weighted by Crippen LogP contribution is -2.06. The molecule has 618 valence electrons. The third kappa shape index (κ3) is 12.7. The molecule has 0 radical (unpaired) electrons. The molecule has 0 bridgehead atoms. The summed E-state index contributed by atoms with van der Waals surface area (Å²) < 4.78 is 13.8. The normalized spacial score (nSPS) is 11.6. The molecule has 10 aromatic heterocycles. The Balaban J connectivity index is 0.000000107. The maximum absolute atomic E-state index is 5.13. The van der Waals surface area contributed by atoms with Crippen LogP contribution in [0.5, 0.6) is 0 Å². The van der Waals surface area contributed by atoms with E-state index in [1.54, 1.807) is 0 Å². The van der Waals surface area contributed by atoms with Gasteiger partial charge in [-0.05, 0) is 190 Å². The summed E-state index contributed by atoms with van der Waals surface area (Å²) >= 11 is 0. The molecule has 12 nitrogen and oxygen atoms in total. The Morgan fingerprint density at radius 2 is 0.424 bits per heavy atom. The van der Waals surface area contributed by atoms with E-state index >= 15 is 0 Å². The fraction of sp³-hybridized carbons (Fsp3) is 0. The second-order valence-electron chi connectivity index (χ2n) is 33.2. The van der Waals surface area contributed by atoms with Crippen LogP contribution in [0.2, 0.25) is 0 Å². The van der Waals surface area contributed by atoms with Gasteiger partial charge in [0.2, 0.25) is 5.95 Å². The van der Waals surface area contributed by atoms with Crippen LogP contribution in [0.25, 0.3) is 233 Å². The summed E-state index contributed by atoms with van der Waals surface area (Å²) in [6.07, 6.45) is 7.64. The van der Waals surface area contributed by atoms with E-state index in [0.29, 0.717) is 17.6 Å². The molecule has 12 heteroatoms. The van der Waals surface area contributed by atoms with Crippen LogP contribution in [0.3, 0.4) is 0 Å². The topological polar surface area (TPSA) is 107 Å². The van der Waals surface area contributed by atoms with E-state index in [1.807, 2.05) is 104 Å². The molecule has 0 saturated heterocycles. The van der Waals surface area contributed by atoms with E-state index in [0.717, 1.165) is 105 Å². The van der Waals surface area contributed by atoms with E-state index in [2.05, 4.69) is 402 Å². The number of nitrogens with zero attached hydrogens (tertiary/aromatic N) is 12. The zero-order valence-electron chi connectivity index (χ0n) is 71.4. The Kier molecular flexibility index (Phi) is 18.6. The quantitative estimate of drug-likeness (QED) is 0.121. The first-order valence-corrected chi connectivity index (χ1v) is 44.6. The van der Waals surface area contributed by atoms with Crippen molar-refractivity contribution in [2.24, 2.45) is 0 Å². The standard InChI is InChI=1S/C44H28N6.C41H27N3.C35H23N3/c1-4-15-29(16-5-1)41-46-42(30-17-6-2-7-18-30)48-44(47-41)50-36-25-11-10-21-34(36)39-32(22-13-27-38(39)50)33-23-12-26-37-40(33)35-24-14-28-45-43(35)49(37)31-19-8-3-9-20-31;1-3-12-28(13-4-1)29-23-25-31(26-24-29)43-36-20-8-7-16-34(36)39-32(17-9-21-37(39)43)33-18-10-22-38-40(33)35-19-11-27-42-41(35)44(38)30-14-5-2-6-15-30;1-3-11-24(12-4-1)37-30-18-8-7-15-28(30)34-26(16-9-19-31(34)37)27-17-10-20-32-35(27)29-21-22-36-23-33(29)38(32)25-13-5-2-6-14-25/h1-28H;1-27H;1-23H. The molecule has 10 heterocycles. The van der Waals surface area contributed by atoms with E-state index in [-0.39, 0.29) is 0 Å². The molecule has 0 atom stereocenters. The highest BCUT2D eigenvalue weighted by molar-refractivity contribution is 6.26. The second kappa shape index (κ2) is 32.1. The van der Waals surface area contributed by atoms with E-state index < -0.39 is 0 Å². The molecule has 0 aliphatic carbocycles. The zero-order valence-corrected chi connectivity index (χ0v) is 71.4. The molecule has 0 N–H and O–H groups in total. The molecule has 0 unspecified atom stereocenters. The van der Waals surface area contributed by atoms with Crippen molar-refractivity contribution in [3.05, 3.63) is 474 Å². The molecule has 0 saturated carbocycles. The third-order valence-electron chi connectivity index (χ3n) is 25.8. The van der Waals surface area contributed by atoms with Gasteiger partial charge in [0.05, 0.1) is 61.4 Å². The Morgan fingerprint density at radius 3 is 0.803 bits per heavy atom. The summed E-state index contributed by atoms with van der Waals surface area (Å²) in [7, 11) is 0. The monoisotopic (exact) mass is 1690 g/mol. The predicted octanol–water partition coefficient (Wildman–Crippen LogP) is 30.0. The SMILES string of the molecule is c1ccc(-c2ccc(-n3c4ccccc4c4c(-c5cccc6c5c5cccnc5n6-c5ccccc5)cccc43)cc2)cc1.c1ccc(-c2nc(-c3ccccc3)nc(-n3c4ccccc4c4c(-c5cccc6c5c5cccnc5n6-c5ccccc5)cccc43)n2)cc1.c1ccc(-n2c3ccccc3c3c(-c4cccc5c4c4ccncc4n5-c4ccccc4)cccc32)cc1. The summed E-state index contributed by atoms with van der Waals surface area (Å²) in [4.78, 5) is 29.5. The maximum Gasteiger partial charge on any atom is 0.238 e. The van der Waals surface area contributed by atoms with E-state index in [1.165, 1.54) is 110 Å². The largest absolute Gasteiger partial charge is 0.309 e. The smallest absolute Gasteiger partial charge is 0.238 e. The van der Waals surface area contributed by atoms with Crippen molar-refractivity contribution in [1.82, 2.24) is 57.3 Å². The van der Waals surface area contributed by atoms with Crippen molar-refractivity contribution in [2.75, 3.05) is 0 Å². The van der Waals surface area contributed by atoms with E-state index in [9.17, 15) is 0 Å². The average molecular weight is 1690 g/mol. The van der Waals surface area contributed by atoms with Crippen LogP contribution < -0.4 is 0 Å². The molecule has 17 aromatic carbocycles. The molecule has 0 aliphatic heterocycles. The van der Waals surface area contributed by atoms with Gasteiger partial charge in [0, 0.05) is 123 Å². The zero-order chi connectivity index (χ0) is 87.1. The third-order valence-corrected chi connectivity index (χ3v) is 25.8. The van der Waals surface area contributed by atoms with Crippen LogP contribution in [0.15, 0.2) is 474 Å². The first kappa shape index (κ1) is 76.4. The van der Waals surface area contributed by atoms with Crippen LogP contribution in [-0.2, 0) is 0 Å². The van der Waals surface area contributed by atoms with E-state index in [4.69, 9.17) is 24.9 Å². The van der Waals surface area contributed by atoms with Gasteiger partial charge in [-0.2, -0.15) is 9.97 Å². The minimum atomic E-state index is 0.573. The summed E-state index contributed by atoms with van der Waals surface area (Å²) in [5.41, 5.74) is 30.5. The summed E-state index contributed by atoms with van der Waals surface area (Å²) in [5.74, 6) is 1.83. The van der Waals surface area contributed by atoms with Crippen molar-refractivity contribution in [3.8, 4) is 102 Å². The van der Waals surface area contributed by atoms with Crippen LogP contribution in [0, 0.1) is 0 Å². The van der Waals surface area contributed by atoms with Crippen LogP contribution >= 0.6 is 0 Å². The molecule has 0 aliphatic rings. The molecule has 0 amide bonds. The average Bonchev–Trinajstić information content (AvgIpc) is 1.57. The summed E-state index contributed by atoms with van der Waals surface area (Å²) in [6, 6.07) is 158. The van der Waals surface area contributed by atoms with Gasteiger partial charge >= 0.3 is 0 Å². The maximum atomic E-state index is 5.13. The van der Waals surface area contributed by atoms with Crippen LogP contribution in [-0.4, -0.2) is 57.3 Å². The van der Waals surface area contributed by atoms with Gasteiger partial charge in [0.1, 0.15) is 11.3 Å². The van der Waals surface area contributed by atoms with Crippen molar-refractivity contribution in [2.45, 2.75) is 0 Å². The molecule has 0 spiro atoms. The predicted molar refractivity (Wildman–Crippen MR) is 545 cm³/mol. The lowest BCUT2D eigenvalue weighted by molar-refractivity contribution is 0.953. The summed E-state index contributed by atoms with van der Waals surface area (Å²) in [6.45, 7) is 0. The molecular formula is C120H78N12. The summed E-state index contributed by atoms with van der Waals surface area (Å²) in [5, 5.41) is 14.4. The molecule has 27 aromatic rings. The number of pyridine rings is 3. The minimum absolute atomic E-state index is 0.573. The lowest BCUT2D eigenvalue weighted by Gasteiger charge is -2.11. The number of fused-ring (bicyclic) bond motifs is 18. The molecule has 132 heavy (non-hydrogen) atoms. The Bertz CT molecular complexity index is 8900.